The van der Waals surface area contributed by atoms with Gasteiger partial charge in [-0.15, -0.1) is 6.58 Å². The Hall–Kier alpha value is -2.37. The normalized spacial score (nSPS) is 11.8. The van der Waals surface area contributed by atoms with E-state index < -0.39 is 12.0 Å². The fourth-order valence-electron chi connectivity index (χ4n) is 3.18. The molecule has 6 nitrogen and oxygen atoms in total. The van der Waals surface area contributed by atoms with E-state index in [1.54, 1.807) is 31.4 Å². The van der Waals surface area contributed by atoms with Crippen molar-refractivity contribution >= 4 is 17.7 Å². The molecule has 1 aromatic rings. The summed E-state index contributed by atoms with van der Waals surface area (Å²) in [5.74, 6) is -0.767. The van der Waals surface area contributed by atoms with Gasteiger partial charge in [-0.05, 0) is 33.3 Å². The number of amides is 1. The minimum Gasteiger partial charge on any atom is -0.464 e. The molecule has 0 aromatic carbocycles. The van der Waals surface area contributed by atoms with Crippen LogP contribution in [0, 0.1) is 13.8 Å². The number of carbonyl (C=O) groups is 3. The van der Waals surface area contributed by atoms with Gasteiger partial charge in [0, 0.05) is 30.8 Å². The largest absolute Gasteiger partial charge is 0.464 e. The molecule has 0 saturated heterocycles. The molecule has 0 aliphatic carbocycles. The summed E-state index contributed by atoms with van der Waals surface area (Å²) in [6, 6.07) is -0.638. The molecule has 1 rings (SSSR count). The maximum atomic E-state index is 13.1. The Labute approximate surface area is 149 Å². The lowest BCUT2D eigenvalue weighted by Gasteiger charge is -2.27. The Kier molecular flexibility index (Phi) is 7.15. The number of ketones is 1. The van der Waals surface area contributed by atoms with E-state index in [0.29, 0.717) is 42.0 Å². The first-order valence-corrected chi connectivity index (χ1v) is 8.49. The molecule has 0 radical (unpaired) electrons. The van der Waals surface area contributed by atoms with Crippen LogP contribution in [0.25, 0.3) is 0 Å². The van der Waals surface area contributed by atoms with Crippen molar-refractivity contribution < 1.29 is 19.1 Å². The third-order valence-corrected chi connectivity index (χ3v) is 4.50. The van der Waals surface area contributed by atoms with Crippen LogP contribution in [0.15, 0.2) is 12.7 Å². The first-order chi connectivity index (χ1) is 11.8. The van der Waals surface area contributed by atoms with Gasteiger partial charge >= 0.3 is 5.97 Å². The molecule has 0 spiro atoms. The number of hydrogen-bond donors (Lipinski definition) is 0. The summed E-state index contributed by atoms with van der Waals surface area (Å²) < 4.78 is 6.64. The number of ether oxygens (including phenoxy) is 1. The van der Waals surface area contributed by atoms with Gasteiger partial charge in [0.15, 0.2) is 5.78 Å². The van der Waals surface area contributed by atoms with Gasteiger partial charge in [0.1, 0.15) is 5.69 Å². The molecule has 0 aliphatic rings. The summed E-state index contributed by atoms with van der Waals surface area (Å²) >= 11 is 0. The lowest BCUT2D eigenvalue weighted by molar-refractivity contribution is -0.131. The number of aromatic nitrogens is 1. The van der Waals surface area contributed by atoms with Crippen molar-refractivity contribution in [1.29, 1.82) is 0 Å². The van der Waals surface area contributed by atoms with Gasteiger partial charge in [-0.3, -0.25) is 9.59 Å². The molecule has 0 unspecified atom stereocenters. The summed E-state index contributed by atoms with van der Waals surface area (Å²) in [6.07, 6.45) is 1.92. The van der Waals surface area contributed by atoms with Crippen LogP contribution >= 0.6 is 0 Å². The Bertz CT molecular complexity index is 688. The first-order valence-electron chi connectivity index (χ1n) is 8.49. The number of esters is 1. The molecule has 0 fully saturated rings. The number of nitrogens with zero attached hydrogens (tertiary/aromatic N) is 2. The van der Waals surface area contributed by atoms with Crippen LogP contribution in [0.4, 0.5) is 0 Å². The van der Waals surface area contributed by atoms with Crippen LogP contribution in [0.3, 0.4) is 0 Å². The van der Waals surface area contributed by atoms with Crippen molar-refractivity contribution in [1.82, 2.24) is 9.47 Å². The topological polar surface area (TPSA) is 68.6 Å². The summed E-state index contributed by atoms with van der Waals surface area (Å²) in [7, 11) is 1.32. The number of rotatable bonds is 8. The number of Topliss-reactive ketones (excluding diaryl/α,β-unsaturated/α-hetero) is 1. The fourth-order valence-corrected chi connectivity index (χ4v) is 3.18. The smallest absolute Gasteiger partial charge is 0.354 e. The second kappa shape index (κ2) is 8.65. The lowest BCUT2D eigenvalue weighted by Crippen LogP contribution is -2.43. The zero-order chi connectivity index (χ0) is 19.3. The quantitative estimate of drug-likeness (QED) is 0.411. The van der Waals surface area contributed by atoms with E-state index in [1.807, 2.05) is 13.8 Å². The van der Waals surface area contributed by atoms with E-state index in [9.17, 15) is 14.4 Å². The highest BCUT2D eigenvalue weighted by Crippen LogP contribution is 2.25. The van der Waals surface area contributed by atoms with E-state index in [4.69, 9.17) is 4.74 Å². The lowest BCUT2D eigenvalue weighted by atomic mass is 9.99. The highest BCUT2D eigenvalue weighted by atomic mass is 16.5. The zero-order valence-electron chi connectivity index (χ0n) is 16.0. The zero-order valence-corrected chi connectivity index (χ0v) is 16.0. The van der Waals surface area contributed by atoms with Crippen molar-refractivity contribution in [3.05, 3.63) is 35.2 Å². The SMILES string of the molecule is C=CCN(C(=O)CC)[C@@H](C)C(=O)c1c(C)c(C(=O)OC)n(CC)c1C. The minimum absolute atomic E-state index is 0.112. The molecule has 6 heteroatoms. The summed E-state index contributed by atoms with van der Waals surface area (Å²) in [4.78, 5) is 38.9. The Morgan fingerprint density at radius 3 is 2.32 bits per heavy atom. The van der Waals surface area contributed by atoms with Gasteiger partial charge < -0.3 is 14.2 Å². The van der Waals surface area contributed by atoms with E-state index >= 15 is 0 Å². The molecule has 1 heterocycles. The van der Waals surface area contributed by atoms with Crippen molar-refractivity contribution in [3.8, 4) is 0 Å². The number of carbonyl (C=O) groups excluding carboxylic acids is 3. The maximum absolute atomic E-state index is 13.1. The standard InChI is InChI=1S/C19H28N2O4/c1-8-11-21(15(22)9-2)14(6)18(23)16-12(4)17(19(24)25-7)20(10-3)13(16)5/h8,14H,1,9-11H2,2-7H3/t14-/m0/s1. The van der Waals surface area contributed by atoms with E-state index in [0.717, 1.165) is 0 Å². The number of hydrogen-bond acceptors (Lipinski definition) is 4. The van der Waals surface area contributed by atoms with Crippen molar-refractivity contribution in [3.63, 3.8) is 0 Å². The molecule has 0 aliphatic heterocycles. The molecule has 0 saturated carbocycles. The molecule has 0 bridgehead atoms. The fraction of sp³-hybridized carbons (Fsp3) is 0.526. The second-order valence-corrected chi connectivity index (χ2v) is 5.90. The molecule has 1 atom stereocenters. The minimum atomic E-state index is -0.638. The first kappa shape index (κ1) is 20.7. The predicted octanol–water partition coefficient (Wildman–Crippen LogP) is 2.91. The summed E-state index contributed by atoms with van der Waals surface area (Å²) in [5, 5.41) is 0. The average Bonchev–Trinajstić information content (AvgIpc) is 2.86. The van der Waals surface area contributed by atoms with Crippen molar-refractivity contribution in [2.75, 3.05) is 13.7 Å². The van der Waals surface area contributed by atoms with E-state index in [2.05, 4.69) is 6.58 Å². The van der Waals surface area contributed by atoms with Crippen LogP contribution < -0.4 is 0 Å². The number of methoxy groups -OCH3 is 1. The second-order valence-electron chi connectivity index (χ2n) is 5.90. The Morgan fingerprint density at radius 2 is 1.88 bits per heavy atom. The third kappa shape index (κ3) is 3.83. The van der Waals surface area contributed by atoms with E-state index in [-0.39, 0.29) is 11.7 Å². The highest BCUT2D eigenvalue weighted by molar-refractivity contribution is 6.06. The maximum Gasteiger partial charge on any atom is 0.354 e. The van der Waals surface area contributed by atoms with Gasteiger partial charge in [0.25, 0.3) is 0 Å². The molecule has 25 heavy (non-hydrogen) atoms. The molecule has 0 N–H and O–H groups in total. The van der Waals surface area contributed by atoms with Gasteiger partial charge in [0.2, 0.25) is 5.91 Å². The van der Waals surface area contributed by atoms with Gasteiger partial charge in [0.05, 0.1) is 13.2 Å². The summed E-state index contributed by atoms with van der Waals surface area (Å²) in [6.45, 7) is 13.4. The monoisotopic (exact) mass is 348 g/mol. The Morgan fingerprint density at radius 1 is 1.28 bits per heavy atom. The van der Waals surface area contributed by atoms with Gasteiger partial charge in [-0.2, -0.15) is 0 Å². The van der Waals surface area contributed by atoms with Crippen LogP contribution in [0.1, 0.15) is 59.3 Å². The van der Waals surface area contributed by atoms with Crippen LogP contribution in [0.2, 0.25) is 0 Å². The van der Waals surface area contributed by atoms with Crippen molar-refractivity contribution in [2.45, 2.75) is 53.6 Å². The molecule has 1 amide bonds. The molecule has 1 aromatic heterocycles. The third-order valence-electron chi connectivity index (χ3n) is 4.50. The van der Waals surface area contributed by atoms with Crippen molar-refractivity contribution in [2.24, 2.45) is 0 Å². The average molecular weight is 348 g/mol. The van der Waals surface area contributed by atoms with Crippen LogP contribution in [0.5, 0.6) is 0 Å². The molecular weight excluding hydrogens is 320 g/mol. The molecule has 138 valence electrons. The highest BCUT2D eigenvalue weighted by Gasteiger charge is 2.31. The van der Waals surface area contributed by atoms with Crippen LogP contribution in [-0.4, -0.2) is 46.8 Å². The molecular formula is C19H28N2O4. The van der Waals surface area contributed by atoms with Gasteiger partial charge in [-0.1, -0.05) is 13.0 Å². The predicted molar refractivity (Wildman–Crippen MR) is 96.9 cm³/mol. The van der Waals surface area contributed by atoms with Gasteiger partial charge in [-0.25, -0.2) is 4.79 Å². The van der Waals surface area contributed by atoms with Crippen LogP contribution in [-0.2, 0) is 16.1 Å². The Balaban J connectivity index is 3.42. The van der Waals surface area contributed by atoms with E-state index in [1.165, 1.54) is 12.0 Å². The summed E-state index contributed by atoms with van der Waals surface area (Å²) in [5.41, 5.74) is 2.16.